The van der Waals surface area contributed by atoms with Crippen LogP contribution in [0.25, 0.3) is 0 Å². The molecule has 1 fully saturated rings. The van der Waals surface area contributed by atoms with Gasteiger partial charge in [0.1, 0.15) is 6.61 Å². The van der Waals surface area contributed by atoms with E-state index in [4.69, 9.17) is 4.74 Å². The van der Waals surface area contributed by atoms with E-state index in [1.165, 1.54) is 0 Å². The second-order valence-electron chi connectivity index (χ2n) is 3.00. The molecule has 0 bridgehead atoms. The fourth-order valence-corrected chi connectivity index (χ4v) is 0.836. The second-order valence-corrected chi connectivity index (χ2v) is 3.00. The molecule has 4 nitrogen and oxygen atoms in total. The number of hydrogen-bond donors (Lipinski definition) is 2. The molecule has 0 unspecified atom stereocenters. The molecule has 12 heavy (non-hydrogen) atoms. The first-order valence-corrected chi connectivity index (χ1v) is 4.34. The lowest BCUT2D eigenvalue weighted by Crippen LogP contribution is -2.30. The van der Waals surface area contributed by atoms with Gasteiger partial charge in [0.25, 0.3) is 0 Å². The van der Waals surface area contributed by atoms with Crippen LogP contribution in [-0.2, 0) is 9.53 Å². The maximum atomic E-state index is 11.0. The highest BCUT2D eigenvalue weighted by Gasteiger charge is 2.22. The van der Waals surface area contributed by atoms with Gasteiger partial charge in [-0.2, -0.15) is 0 Å². The van der Waals surface area contributed by atoms with E-state index >= 15 is 0 Å². The number of carbonyl (C=O) groups excluding carboxylic acids is 1. The zero-order chi connectivity index (χ0) is 8.81. The van der Waals surface area contributed by atoms with Crippen LogP contribution in [0.4, 0.5) is 0 Å². The van der Waals surface area contributed by atoms with Crippen molar-refractivity contribution < 1.29 is 9.53 Å². The van der Waals surface area contributed by atoms with E-state index in [0.717, 1.165) is 19.4 Å². The number of nitrogens with one attached hydrogen (secondary N) is 2. The lowest BCUT2D eigenvalue weighted by Gasteiger charge is -2.03. The molecule has 1 aliphatic rings. The molecule has 70 valence electrons. The lowest BCUT2D eigenvalue weighted by atomic mass is 10.6. The molecular weight excluding hydrogens is 156 g/mol. The molecule has 4 heteroatoms. The Morgan fingerprint density at radius 1 is 1.58 bits per heavy atom. The molecule has 0 aliphatic heterocycles. The topological polar surface area (TPSA) is 50.4 Å². The number of carbonyl (C=O) groups is 1. The Bertz CT molecular complexity index is 146. The molecule has 0 aromatic carbocycles. The monoisotopic (exact) mass is 172 g/mol. The van der Waals surface area contributed by atoms with E-state index in [1.54, 1.807) is 0 Å². The minimum Gasteiger partial charge on any atom is -0.370 e. The molecule has 2 N–H and O–H groups in total. The summed E-state index contributed by atoms with van der Waals surface area (Å²) in [6.07, 6.45) is 2.25. The molecular formula is C8H16N2O2. The van der Waals surface area contributed by atoms with Crippen molar-refractivity contribution >= 4 is 5.91 Å². The predicted octanol–water partition coefficient (Wildman–Crippen LogP) is -0.499. The van der Waals surface area contributed by atoms with Crippen molar-refractivity contribution in [1.82, 2.24) is 10.6 Å². The van der Waals surface area contributed by atoms with Gasteiger partial charge in [-0.3, -0.25) is 4.79 Å². The van der Waals surface area contributed by atoms with Crippen molar-refractivity contribution in [2.24, 2.45) is 0 Å². The molecule has 0 atom stereocenters. The van der Waals surface area contributed by atoms with Crippen LogP contribution in [0.1, 0.15) is 12.8 Å². The second kappa shape index (κ2) is 5.11. The maximum absolute atomic E-state index is 11.0. The van der Waals surface area contributed by atoms with Crippen molar-refractivity contribution in [1.29, 1.82) is 0 Å². The third-order valence-corrected chi connectivity index (χ3v) is 1.67. The van der Waals surface area contributed by atoms with Gasteiger partial charge < -0.3 is 15.4 Å². The van der Waals surface area contributed by atoms with Gasteiger partial charge >= 0.3 is 0 Å². The predicted molar refractivity (Wildman–Crippen MR) is 45.9 cm³/mol. The molecule has 0 aromatic rings. The molecule has 0 aromatic heterocycles. The van der Waals surface area contributed by atoms with E-state index in [9.17, 15) is 4.79 Å². The van der Waals surface area contributed by atoms with Crippen LogP contribution in [0.2, 0.25) is 0 Å². The quantitative estimate of drug-likeness (QED) is 0.531. The summed E-state index contributed by atoms with van der Waals surface area (Å²) in [4.78, 5) is 11.0. The molecule has 1 rings (SSSR count). The third kappa shape index (κ3) is 4.31. The normalized spacial score (nSPS) is 16.1. The number of hydrogen-bond acceptors (Lipinski definition) is 3. The minimum absolute atomic E-state index is 0.00797. The van der Waals surface area contributed by atoms with E-state index in [1.807, 2.05) is 7.05 Å². The maximum Gasteiger partial charge on any atom is 0.246 e. The standard InChI is InChI=1S/C8H16N2O2/c1-9-4-5-12-6-8(11)10-7-2-3-7/h7,9H,2-6H2,1H3,(H,10,11). The summed E-state index contributed by atoms with van der Waals surface area (Å²) in [7, 11) is 1.85. The van der Waals surface area contributed by atoms with Crippen molar-refractivity contribution in [3.05, 3.63) is 0 Å². The highest BCUT2D eigenvalue weighted by molar-refractivity contribution is 5.77. The van der Waals surface area contributed by atoms with E-state index in [0.29, 0.717) is 12.6 Å². The Kier molecular flexibility index (Phi) is 4.04. The van der Waals surface area contributed by atoms with Crippen LogP contribution in [0, 0.1) is 0 Å². The Morgan fingerprint density at radius 2 is 2.33 bits per heavy atom. The molecule has 0 heterocycles. The Labute approximate surface area is 72.7 Å². The first-order valence-electron chi connectivity index (χ1n) is 4.34. The summed E-state index contributed by atoms with van der Waals surface area (Å²) in [6.45, 7) is 1.57. The van der Waals surface area contributed by atoms with E-state index in [-0.39, 0.29) is 12.5 Å². The van der Waals surface area contributed by atoms with Crippen molar-refractivity contribution in [2.45, 2.75) is 18.9 Å². The number of amides is 1. The Balaban J connectivity index is 1.87. The summed E-state index contributed by atoms with van der Waals surface area (Å²) in [5, 5.41) is 5.78. The average Bonchev–Trinajstić information content (AvgIpc) is 2.82. The third-order valence-electron chi connectivity index (χ3n) is 1.67. The molecule has 1 amide bonds. The molecule has 0 saturated heterocycles. The molecule has 0 spiro atoms. The van der Waals surface area contributed by atoms with Crippen LogP contribution in [0.5, 0.6) is 0 Å². The minimum atomic E-state index is 0.00797. The highest BCUT2D eigenvalue weighted by atomic mass is 16.5. The van der Waals surface area contributed by atoms with Gasteiger partial charge in [-0.15, -0.1) is 0 Å². The van der Waals surface area contributed by atoms with Crippen LogP contribution in [-0.4, -0.2) is 38.8 Å². The fraction of sp³-hybridized carbons (Fsp3) is 0.875. The van der Waals surface area contributed by atoms with Gasteiger partial charge in [-0.25, -0.2) is 0 Å². The summed E-state index contributed by atoms with van der Waals surface area (Å²) in [5.74, 6) is 0.00797. The number of rotatable bonds is 6. The summed E-state index contributed by atoms with van der Waals surface area (Å²) in [5.41, 5.74) is 0. The van der Waals surface area contributed by atoms with Gasteiger partial charge in [0, 0.05) is 12.6 Å². The molecule has 1 aliphatic carbocycles. The zero-order valence-corrected chi connectivity index (χ0v) is 7.43. The number of likely N-dealkylation sites (N-methyl/N-ethyl adjacent to an activating group) is 1. The number of ether oxygens (including phenoxy) is 1. The highest BCUT2D eigenvalue weighted by Crippen LogP contribution is 2.18. The molecule has 1 saturated carbocycles. The van der Waals surface area contributed by atoms with E-state index < -0.39 is 0 Å². The SMILES string of the molecule is CNCCOCC(=O)NC1CC1. The smallest absolute Gasteiger partial charge is 0.246 e. The van der Waals surface area contributed by atoms with Crippen LogP contribution in [0.3, 0.4) is 0 Å². The van der Waals surface area contributed by atoms with Gasteiger partial charge in [0.15, 0.2) is 0 Å². The van der Waals surface area contributed by atoms with Crippen LogP contribution < -0.4 is 10.6 Å². The Hall–Kier alpha value is -0.610. The van der Waals surface area contributed by atoms with E-state index in [2.05, 4.69) is 10.6 Å². The average molecular weight is 172 g/mol. The van der Waals surface area contributed by atoms with Gasteiger partial charge in [-0.1, -0.05) is 0 Å². The first kappa shape index (κ1) is 9.48. The zero-order valence-electron chi connectivity index (χ0n) is 7.43. The largest absolute Gasteiger partial charge is 0.370 e. The summed E-state index contributed by atoms with van der Waals surface area (Å²) in [6, 6.07) is 0.436. The van der Waals surface area contributed by atoms with Gasteiger partial charge in [0.2, 0.25) is 5.91 Å². The Morgan fingerprint density at radius 3 is 2.92 bits per heavy atom. The van der Waals surface area contributed by atoms with Crippen LogP contribution in [0.15, 0.2) is 0 Å². The van der Waals surface area contributed by atoms with Crippen molar-refractivity contribution in [2.75, 3.05) is 26.8 Å². The summed E-state index contributed by atoms with van der Waals surface area (Å²) < 4.78 is 5.09. The van der Waals surface area contributed by atoms with Crippen molar-refractivity contribution in [3.63, 3.8) is 0 Å². The van der Waals surface area contributed by atoms with Crippen molar-refractivity contribution in [3.8, 4) is 0 Å². The lowest BCUT2D eigenvalue weighted by molar-refractivity contribution is -0.125. The summed E-state index contributed by atoms with van der Waals surface area (Å²) >= 11 is 0. The van der Waals surface area contributed by atoms with Gasteiger partial charge in [0.05, 0.1) is 6.61 Å². The fourth-order valence-electron chi connectivity index (χ4n) is 0.836. The van der Waals surface area contributed by atoms with Gasteiger partial charge in [-0.05, 0) is 19.9 Å². The molecule has 0 radical (unpaired) electrons. The van der Waals surface area contributed by atoms with Crippen LogP contribution >= 0.6 is 0 Å². The first-order chi connectivity index (χ1) is 5.83.